The van der Waals surface area contributed by atoms with E-state index in [1.807, 2.05) is 19.1 Å². The van der Waals surface area contributed by atoms with Crippen molar-refractivity contribution in [2.75, 3.05) is 45.2 Å². The van der Waals surface area contributed by atoms with Gasteiger partial charge in [0.1, 0.15) is 0 Å². The van der Waals surface area contributed by atoms with Gasteiger partial charge in [-0.15, -0.1) is 5.10 Å². The van der Waals surface area contributed by atoms with Gasteiger partial charge >= 0.3 is 0 Å². The average molecular weight is 389 g/mol. The number of benzene rings is 1. The molecule has 144 valence electrons. The number of anilines is 1. The fourth-order valence-electron chi connectivity index (χ4n) is 2.86. The van der Waals surface area contributed by atoms with Crippen LogP contribution in [0, 0.1) is 6.92 Å². The van der Waals surface area contributed by atoms with E-state index < -0.39 is 10.0 Å². The molecule has 0 saturated carbocycles. The number of hydrogen-bond acceptors (Lipinski definition) is 6. The van der Waals surface area contributed by atoms with Gasteiger partial charge in [0, 0.05) is 45.8 Å². The molecule has 0 spiro atoms. The first-order chi connectivity index (χ1) is 12.8. The molecule has 0 unspecified atom stereocenters. The minimum atomic E-state index is -3.50. The Morgan fingerprint density at radius 2 is 1.59 bits per heavy atom. The van der Waals surface area contributed by atoms with Crippen LogP contribution in [0.5, 0.6) is 0 Å². The molecule has 1 amide bonds. The van der Waals surface area contributed by atoms with E-state index in [0.717, 1.165) is 15.8 Å². The average Bonchev–Trinajstić information content (AvgIpc) is 2.68. The lowest BCUT2D eigenvalue weighted by Gasteiger charge is -2.35. The lowest BCUT2D eigenvalue weighted by Crippen LogP contribution is -2.49. The highest BCUT2D eigenvalue weighted by molar-refractivity contribution is 7.89. The fourth-order valence-corrected chi connectivity index (χ4v) is 3.76. The fraction of sp³-hybridized carbons (Fsp3) is 0.389. The molecular formula is C18H23N5O3S. The largest absolute Gasteiger partial charge is 0.352 e. The van der Waals surface area contributed by atoms with Crippen molar-refractivity contribution in [3.63, 3.8) is 0 Å². The van der Waals surface area contributed by atoms with Gasteiger partial charge in [-0.05, 0) is 43.3 Å². The lowest BCUT2D eigenvalue weighted by molar-refractivity contribution is 0.0746. The minimum Gasteiger partial charge on any atom is -0.352 e. The van der Waals surface area contributed by atoms with Crippen LogP contribution in [0.2, 0.25) is 0 Å². The van der Waals surface area contributed by atoms with Crippen molar-refractivity contribution < 1.29 is 13.2 Å². The molecule has 1 aromatic heterocycles. The molecule has 0 N–H and O–H groups in total. The Labute approximate surface area is 159 Å². The van der Waals surface area contributed by atoms with Crippen molar-refractivity contribution in [2.24, 2.45) is 0 Å². The van der Waals surface area contributed by atoms with E-state index in [0.29, 0.717) is 31.7 Å². The van der Waals surface area contributed by atoms with Crippen LogP contribution in [0.3, 0.4) is 0 Å². The second-order valence-electron chi connectivity index (χ2n) is 6.62. The van der Waals surface area contributed by atoms with E-state index in [1.54, 1.807) is 17.0 Å². The Bertz CT molecular complexity index is 903. The number of sulfonamides is 1. The Morgan fingerprint density at radius 3 is 2.11 bits per heavy atom. The molecular weight excluding hydrogens is 366 g/mol. The molecule has 3 rings (SSSR count). The third-order valence-corrected chi connectivity index (χ3v) is 6.38. The molecule has 9 heteroatoms. The number of piperazine rings is 1. The van der Waals surface area contributed by atoms with E-state index in [9.17, 15) is 13.2 Å². The van der Waals surface area contributed by atoms with E-state index in [-0.39, 0.29) is 10.8 Å². The molecule has 0 atom stereocenters. The molecule has 2 aromatic rings. The molecule has 27 heavy (non-hydrogen) atoms. The number of aromatic nitrogens is 2. The van der Waals surface area contributed by atoms with Gasteiger partial charge in [0.25, 0.3) is 5.91 Å². The predicted molar refractivity (Wildman–Crippen MR) is 102 cm³/mol. The first-order valence-electron chi connectivity index (χ1n) is 8.66. The zero-order valence-corrected chi connectivity index (χ0v) is 16.5. The summed E-state index contributed by atoms with van der Waals surface area (Å²) in [6.45, 7) is 4.40. The van der Waals surface area contributed by atoms with Crippen molar-refractivity contribution in [3.05, 3.63) is 47.7 Å². The first kappa shape index (κ1) is 19.2. The van der Waals surface area contributed by atoms with E-state index in [1.165, 1.54) is 26.2 Å². The highest BCUT2D eigenvalue weighted by Crippen LogP contribution is 2.17. The number of carbonyl (C=O) groups is 1. The maximum atomic E-state index is 12.7. The summed E-state index contributed by atoms with van der Waals surface area (Å²) in [6.07, 6.45) is 0. The molecule has 1 saturated heterocycles. The summed E-state index contributed by atoms with van der Waals surface area (Å²) in [7, 11) is -0.539. The van der Waals surface area contributed by atoms with E-state index in [4.69, 9.17) is 0 Å². The Morgan fingerprint density at radius 1 is 0.963 bits per heavy atom. The number of amides is 1. The topological polar surface area (TPSA) is 86.7 Å². The van der Waals surface area contributed by atoms with Crippen molar-refractivity contribution in [3.8, 4) is 0 Å². The Kier molecular flexibility index (Phi) is 5.43. The quantitative estimate of drug-likeness (QED) is 0.775. The second kappa shape index (κ2) is 7.61. The van der Waals surface area contributed by atoms with Gasteiger partial charge in [-0.2, -0.15) is 5.10 Å². The standard InChI is InChI=1S/C18H23N5O3S/c1-14-4-9-17(20-19-14)22-10-12-23(13-11-22)18(24)15-5-7-16(8-6-15)27(25,26)21(2)3/h4-9H,10-13H2,1-3H3. The number of aryl methyl sites for hydroxylation is 1. The monoisotopic (exact) mass is 389 g/mol. The number of hydrogen-bond donors (Lipinski definition) is 0. The summed E-state index contributed by atoms with van der Waals surface area (Å²) in [5.41, 5.74) is 1.35. The van der Waals surface area contributed by atoms with Gasteiger partial charge in [-0.1, -0.05) is 0 Å². The summed E-state index contributed by atoms with van der Waals surface area (Å²) in [5.74, 6) is 0.712. The Hall–Kier alpha value is -2.52. The molecule has 0 radical (unpaired) electrons. The van der Waals surface area contributed by atoms with Crippen LogP contribution in [-0.2, 0) is 10.0 Å². The third kappa shape index (κ3) is 4.09. The molecule has 1 fully saturated rings. The maximum Gasteiger partial charge on any atom is 0.253 e. The zero-order chi connectivity index (χ0) is 19.6. The minimum absolute atomic E-state index is 0.0987. The van der Waals surface area contributed by atoms with Gasteiger partial charge in [0.2, 0.25) is 10.0 Å². The summed E-state index contributed by atoms with van der Waals surface area (Å²) in [4.78, 5) is 16.7. The van der Waals surface area contributed by atoms with Gasteiger partial charge in [0.05, 0.1) is 10.6 Å². The zero-order valence-electron chi connectivity index (χ0n) is 15.7. The van der Waals surface area contributed by atoms with Crippen LogP contribution in [0.4, 0.5) is 5.82 Å². The van der Waals surface area contributed by atoms with Crippen molar-refractivity contribution in [1.82, 2.24) is 19.4 Å². The number of carbonyl (C=O) groups excluding carboxylic acids is 1. The van der Waals surface area contributed by atoms with Crippen molar-refractivity contribution in [1.29, 1.82) is 0 Å². The van der Waals surface area contributed by atoms with Crippen LogP contribution in [0.15, 0.2) is 41.3 Å². The lowest BCUT2D eigenvalue weighted by atomic mass is 10.2. The molecule has 1 aliphatic heterocycles. The van der Waals surface area contributed by atoms with E-state index >= 15 is 0 Å². The van der Waals surface area contributed by atoms with Gasteiger partial charge < -0.3 is 9.80 Å². The molecule has 0 aliphatic carbocycles. The predicted octanol–water partition coefficient (Wildman–Crippen LogP) is 0.998. The van der Waals surface area contributed by atoms with Crippen LogP contribution < -0.4 is 4.90 Å². The summed E-state index contributed by atoms with van der Waals surface area (Å²) in [5, 5.41) is 8.26. The van der Waals surface area contributed by atoms with Gasteiger partial charge in [-0.3, -0.25) is 4.79 Å². The van der Waals surface area contributed by atoms with Gasteiger partial charge in [0.15, 0.2) is 5.82 Å². The third-order valence-electron chi connectivity index (χ3n) is 4.55. The highest BCUT2D eigenvalue weighted by atomic mass is 32.2. The Balaban J connectivity index is 1.65. The highest BCUT2D eigenvalue weighted by Gasteiger charge is 2.24. The van der Waals surface area contributed by atoms with Gasteiger partial charge in [-0.25, -0.2) is 12.7 Å². The second-order valence-corrected chi connectivity index (χ2v) is 8.78. The SMILES string of the molecule is Cc1ccc(N2CCN(C(=O)c3ccc(S(=O)(=O)N(C)C)cc3)CC2)nn1. The maximum absolute atomic E-state index is 12.7. The van der Waals surface area contributed by atoms with Crippen LogP contribution in [0.25, 0.3) is 0 Å². The van der Waals surface area contributed by atoms with Crippen molar-refractivity contribution in [2.45, 2.75) is 11.8 Å². The van der Waals surface area contributed by atoms with Crippen LogP contribution in [0.1, 0.15) is 16.1 Å². The molecule has 0 bridgehead atoms. The van der Waals surface area contributed by atoms with Crippen molar-refractivity contribution >= 4 is 21.7 Å². The normalized spacial score (nSPS) is 15.3. The number of nitrogens with zero attached hydrogens (tertiary/aromatic N) is 5. The molecule has 1 aliphatic rings. The van der Waals surface area contributed by atoms with E-state index in [2.05, 4.69) is 15.1 Å². The molecule has 8 nitrogen and oxygen atoms in total. The molecule has 1 aromatic carbocycles. The molecule has 2 heterocycles. The summed E-state index contributed by atoms with van der Waals surface area (Å²) in [6, 6.07) is 9.93. The van der Waals surface area contributed by atoms with Crippen LogP contribution >= 0.6 is 0 Å². The number of rotatable bonds is 4. The smallest absolute Gasteiger partial charge is 0.253 e. The summed E-state index contributed by atoms with van der Waals surface area (Å²) < 4.78 is 25.4. The summed E-state index contributed by atoms with van der Waals surface area (Å²) >= 11 is 0. The first-order valence-corrected chi connectivity index (χ1v) is 10.1. The van der Waals surface area contributed by atoms with Crippen LogP contribution in [-0.4, -0.2) is 74.0 Å².